The van der Waals surface area contributed by atoms with Crippen LogP contribution in [0.1, 0.15) is 31.4 Å². The van der Waals surface area contributed by atoms with Crippen LogP contribution in [-0.2, 0) is 9.84 Å². The molecule has 0 amide bonds. The number of nitrogens with one attached hydrogen (secondary N) is 1. The molecule has 0 fully saturated rings. The summed E-state index contributed by atoms with van der Waals surface area (Å²) in [5.74, 6) is 0.407. The van der Waals surface area contributed by atoms with E-state index in [9.17, 15) is 12.8 Å². The maximum absolute atomic E-state index is 14.0. The number of halogens is 1. The third kappa shape index (κ3) is 4.76. The van der Waals surface area contributed by atoms with E-state index >= 15 is 0 Å². The molecule has 0 heterocycles. The highest BCUT2D eigenvalue weighted by Gasteiger charge is 2.16. The standard InChI is InChI=1S/C14H22FNO3S/c1-4-20(17,18)9-5-6-14(16-2)12-8-7-11(19-3)10-13(12)15/h7-8,10,14,16H,4-6,9H2,1-3H3. The molecule has 4 nitrogen and oxygen atoms in total. The zero-order valence-electron chi connectivity index (χ0n) is 12.1. The molecule has 20 heavy (non-hydrogen) atoms. The summed E-state index contributed by atoms with van der Waals surface area (Å²) >= 11 is 0. The first kappa shape index (κ1) is 16.9. The molecule has 0 saturated carbocycles. The molecule has 0 spiro atoms. The molecule has 1 atom stereocenters. The fourth-order valence-electron chi connectivity index (χ4n) is 2.02. The Balaban J connectivity index is 2.71. The topological polar surface area (TPSA) is 55.4 Å². The van der Waals surface area contributed by atoms with Crippen LogP contribution in [0.15, 0.2) is 18.2 Å². The smallest absolute Gasteiger partial charge is 0.150 e. The predicted molar refractivity (Wildman–Crippen MR) is 78.3 cm³/mol. The van der Waals surface area contributed by atoms with E-state index in [1.54, 1.807) is 26.1 Å². The van der Waals surface area contributed by atoms with E-state index in [1.165, 1.54) is 13.2 Å². The van der Waals surface area contributed by atoms with Gasteiger partial charge in [-0.3, -0.25) is 0 Å². The molecule has 1 unspecified atom stereocenters. The molecule has 0 radical (unpaired) electrons. The molecule has 114 valence electrons. The van der Waals surface area contributed by atoms with Gasteiger partial charge in [-0.1, -0.05) is 13.0 Å². The van der Waals surface area contributed by atoms with Crippen LogP contribution in [0.4, 0.5) is 4.39 Å². The first-order valence-corrected chi connectivity index (χ1v) is 8.46. The Morgan fingerprint density at radius 1 is 1.40 bits per heavy atom. The van der Waals surface area contributed by atoms with Gasteiger partial charge < -0.3 is 10.1 Å². The Morgan fingerprint density at radius 3 is 2.60 bits per heavy atom. The molecule has 0 aliphatic heterocycles. The summed E-state index contributed by atoms with van der Waals surface area (Å²) in [5, 5.41) is 3.03. The summed E-state index contributed by atoms with van der Waals surface area (Å²) in [6.45, 7) is 1.63. The van der Waals surface area contributed by atoms with Crippen LogP contribution >= 0.6 is 0 Å². The summed E-state index contributed by atoms with van der Waals surface area (Å²) in [5.41, 5.74) is 0.530. The second-order valence-corrected chi connectivity index (χ2v) is 7.08. The van der Waals surface area contributed by atoms with E-state index in [1.807, 2.05) is 0 Å². The van der Waals surface area contributed by atoms with E-state index in [2.05, 4.69) is 5.32 Å². The van der Waals surface area contributed by atoms with Gasteiger partial charge in [-0.15, -0.1) is 0 Å². The van der Waals surface area contributed by atoms with Crippen LogP contribution in [0.5, 0.6) is 5.75 Å². The monoisotopic (exact) mass is 303 g/mol. The normalized spacial score (nSPS) is 13.2. The predicted octanol–water partition coefficient (Wildman–Crippen LogP) is 2.31. The van der Waals surface area contributed by atoms with E-state index in [-0.39, 0.29) is 23.4 Å². The fraction of sp³-hybridized carbons (Fsp3) is 0.571. The van der Waals surface area contributed by atoms with Crippen molar-refractivity contribution in [3.05, 3.63) is 29.6 Å². The van der Waals surface area contributed by atoms with Gasteiger partial charge >= 0.3 is 0 Å². The number of hydrogen-bond acceptors (Lipinski definition) is 4. The van der Waals surface area contributed by atoms with Crippen molar-refractivity contribution in [2.45, 2.75) is 25.8 Å². The third-order valence-corrected chi connectivity index (χ3v) is 5.11. The number of benzene rings is 1. The van der Waals surface area contributed by atoms with Crippen molar-refractivity contribution in [2.24, 2.45) is 0 Å². The molecule has 1 rings (SSSR count). The molecule has 1 aromatic rings. The molecule has 0 saturated heterocycles. The van der Waals surface area contributed by atoms with Gasteiger partial charge in [-0.2, -0.15) is 0 Å². The molecule has 1 aromatic carbocycles. The van der Waals surface area contributed by atoms with Crippen LogP contribution in [0.3, 0.4) is 0 Å². The molecule has 1 N–H and O–H groups in total. The van der Waals surface area contributed by atoms with Crippen LogP contribution in [0.25, 0.3) is 0 Å². The van der Waals surface area contributed by atoms with Crippen molar-refractivity contribution in [3.63, 3.8) is 0 Å². The number of ether oxygens (including phenoxy) is 1. The molecule has 0 bridgehead atoms. The summed E-state index contributed by atoms with van der Waals surface area (Å²) in [7, 11) is 0.257. The Labute approximate surface area is 120 Å². The molecular formula is C14H22FNO3S. The largest absolute Gasteiger partial charge is 0.497 e. The average molecular weight is 303 g/mol. The van der Waals surface area contributed by atoms with Gasteiger partial charge in [0.1, 0.15) is 21.4 Å². The van der Waals surface area contributed by atoms with Crippen molar-refractivity contribution in [3.8, 4) is 5.75 Å². The zero-order chi connectivity index (χ0) is 15.2. The van der Waals surface area contributed by atoms with Crippen LogP contribution < -0.4 is 10.1 Å². The highest BCUT2D eigenvalue weighted by atomic mass is 32.2. The highest BCUT2D eigenvalue weighted by molar-refractivity contribution is 7.91. The Kier molecular flexibility index (Phi) is 6.42. The second-order valence-electron chi connectivity index (χ2n) is 4.61. The fourth-order valence-corrected chi connectivity index (χ4v) is 2.92. The molecular weight excluding hydrogens is 281 g/mol. The maximum atomic E-state index is 14.0. The van der Waals surface area contributed by atoms with E-state index in [4.69, 9.17) is 4.74 Å². The minimum Gasteiger partial charge on any atom is -0.497 e. The van der Waals surface area contributed by atoms with Gasteiger partial charge in [-0.05, 0) is 26.0 Å². The third-order valence-electron chi connectivity index (χ3n) is 3.32. The van der Waals surface area contributed by atoms with Crippen LogP contribution in [-0.4, -0.2) is 34.1 Å². The van der Waals surface area contributed by atoms with E-state index in [0.717, 1.165) is 0 Å². The van der Waals surface area contributed by atoms with Crippen molar-refractivity contribution < 1.29 is 17.5 Å². The van der Waals surface area contributed by atoms with E-state index in [0.29, 0.717) is 24.2 Å². The van der Waals surface area contributed by atoms with Gasteiger partial charge in [-0.25, -0.2) is 12.8 Å². The second kappa shape index (κ2) is 7.59. The summed E-state index contributed by atoms with van der Waals surface area (Å²) < 4.78 is 41.8. The summed E-state index contributed by atoms with van der Waals surface area (Å²) in [4.78, 5) is 0. The van der Waals surface area contributed by atoms with Crippen LogP contribution in [0, 0.1) is 5.82 Å². The Hall–Kier alpha value is -1.14. The Morgan fingerprint density at radius 2 is 2.10 bits per heavy atom. The van der Waals surface area contributed by atoms with Crippen LogP contribution in [0.2, 0.25) is 0 Å². The SMILES string of the molecule is CCS(=O)(=O)CCCC(NC)c1ccc(OC)cc1F. The minimum atomic E-state index is -2.97. The number of hydrogen-bond donors (Lipinski definition) is 1. The molecule has 6 heteroatoms. The zero-order valence-corrected chi connectivity index (χ0v) is 13.0. The lowest BCUT2D eigenvalue weighted by Crippen LogP contribution is -2.19. The van der Waals surface area contributed by atoms with Gasteiger partial charge in [0.05, 0.1) is 12.9 Å². The van der Waals surface area contributed by atoms with Crippen molar-refractivity contribution >= 4 is 9.84 Å². The van der Waals surface area contributed by atoms with Crippen molar-refractivity contribution in [1.82, 2.24) is 5.32 Å². The quantitative estimate of drug-likeness (QED) is 0.800. The molecule has 0 aliphatic rings. The van der Waals surface area contributed by atoms with Gasteiger partial charge in [0, 0.05) is 23.4 Å². The van der Waals surface area contributed by atoms with E-state index < -0.39 is 9.84 Å². The van der Waals surface area contributed by atoms with Crippen molar-refractivity contribution in [2.75, 3.05) is 25.7 Å². The maximum Gasteiger partial charge on any atom is 0.150 e. The lowest BCUT2D eigenvalue weighted by molar-refractivity contribution is 0.409. The first-order valence-electron chi connectivity index (χ1n) is 6.64. The lowest BCUT2D eigenvalue weighted by atomic mass is 10.0. The lowest BCUT2D eigenvalue weighted by Gasteiger charge is -2.17. The van der Waals surface area contributed by atoms with Gasteiger partial charge in [0.25, 0.3) is 0 Å². The highest BCUT2D eigenvalue weighted by Crippen LogP contribution is 2.25. The molecule has 0 aromatic heterocycles. The summed E-state index contributed by atoms with van der Waals surface area (Å²) in [6, 6.07) is 4.51. The number of methoxy groups -OCH3 is 1. The van der Waals surface area contributed by atoms with Crippen molar-refractivity contribution in [1.29, 1.82) is 0 Å². The Bertz CT molecular complexity index is 531. The van der Waals surface area contributed by atoms with Gasteiger partial charge in [0.2, 0.25) is 0 Å². The minimum absolute atomic E-state index is 0.138. The number of sulfone groups is 1. The summed E-state index contributed by atoms with van der Waals surface area (Å²) in [6.07, 6.45) is 1.08. The first-order chi connectivity index (χ1) is 9.43. The average Bonchev–Trinajstić information content (AvgIpc) is 2.44. The van der Waals surface area contributed by atoms with Gasteiger partial charge in [0.15, 0.2) is 0 Å². The number of rotatable bonds is 8. The molecule has 0 aliphatic carbocycles.